The molecule has 0 amide bonds. The van der Waals surface area contributed by atoms with Crippen LogP contribution in [-0.4, -0.2) is 53.2 Å². The molecule has 3 nitrogen and oxygen atoms in total. The summed E-state index contributed by atoms with van der Waals surface area (Å²) in [4.78, 5) is 5.05. The number of aliphatic hydroxyl groups excluding tert-OH is 1. The standard InChI is InChI=1S/C17H26N2O/c20-17-9-5-4-8-16(17)19-12-10-18(11-13-19)14-15-6-2-1-3-7-15/h1-3,6-7,16-17,20H,4-5,8-14H2/t16-,17-/m1/s1. The largest absolute Gasteiger partial charge is 0.391 e. The Labute approximate surface area is 122 Å². The van der Waals surface area contributed by atoms with Crippen molar-refractivity contribution in [2.24, 2.45) is 0 Å². The molecule has 0 aromatic heterocycles. The van der Waals surface area contributed by atoms with Crippen molar-refractivity contribution in [3.63, 3.8) is 0 Å². The van der Waals surface area contributed by atoms with Gasteiger partial charge in [-0.2, -0.15) is 0 Å². The van der Waals surface area contributed by atoms with Gasteiger partial charge in [-0.25, -0.2) is 0 Å². The van der Waals surface area contributed by atoms with Crippen molar-refractivity contribution in [2.45, 2.75) is 44.4 Å². The lowest BCUT2D eigenvalue weighted by Gasteiger charge is -2.42. The fourth-order valence-corrected chi connectivity index (χ4v) is 3.61. The molecule has 1 aliphatic carbocycles. The minimum atomic E-state index is -0.0931. The molecule has 110 valence electrons. The molecule has 0 spiro atoms. The molecule has 1 aromatic carbocycles. The summed E-state index contributed by atoms with van der Waals surface area (Å²) in [6, 6.07) is 11.1. The highest BCUT2D eigenvalue weighted by molar-refractivity contribution is 5.14. The van der Waals surface area contributed by atoms with Gasteiger partial charge in [-0.1, -0.05) is 43.2 Å². The average Bonchev–Trinajstić information content (AvgIpc) is 2.50. The Morgan fingerprint density at radius 2 is 1.65 bits per heavy atom. The lowest BCUT2D eigenvalue weighted by Crippen LogP contribution is -2.54. The van der Waals surface area contributed by atoms with Gasteiger partial charge in [0.1, 0.15) is 0 Å². The van der Waals surface area contributed by atoms with E-state index >= 15 is 0 Å². The fourth-order valence-electron chi connectivity index (χ4n) is 3.61. The topological polar surface area (TPSA) is 26.7 Å². The van der Waals surface area contributed by atoms with Crippen molar-refractivity contribution in [2.75, 3.05) is 26.2 Å². The smallest absolute Gasteiger partial charge is 0.0695 e. The fraction of sp³-hybridized carbons (Fsp3) is 0.647. The van der Waals surface area contributed by atoms with Gasteiger partial charge in [0.05, 0.1) is 6.10 Å². The van der Waals surface area contributed by atoms with Gasteiger partial charge in [-0.3, -0.25) is 9.80 Å². The van der Waals surface area contributed by atoms with Gasteiger partial charge in [-0.15, -0.1) is 0 Å². The Bertz CT molecular complexity index is 401. The number of piperazine rings is 1. The van der Waals surface area contributed by atoms with Gasteiger partial charge in [0.25, 0.3) is 0 Å². The van der Waals surface area contributed by atoms with Crippen LogP contribution in [0, 0.1) is 0 Å². The number of rotatable bonds is 3. The van der Waals surface area contributed by atoms with Crippen molar-refractivity contribution in [1.29, 1.82) is 0 Å². The van der Waals surface area contributed by atoms with Gasteiger partial charge < -0.3 is 5.11 Å². The molecule has 1 saturated carbocycles. The summed E-state index contributed by atoms with van der Waals surface area (Å²) in [6.07, 6.45) is 4.57. The molecule has 1 N–H and O–H groups in total. The molecule has 0 radical (unpaired) electrons. The predicted molar refractivity (Wildman–Crippen MR) is 81.6 cm³/mol. The Balaban J connectivity index is 1.49. The monoisotopic (exact) mass is 274 g/mol. The van der Waals surface area contributed by atoms with Crippen LogP contribution >= 0.6 is 0 Å². The van der Waals surface area contributed by atoms with E-state index in [1.807, 2.05) is 0 Å². The summed E-state index contributed by atoms with van der Waals surface area (Å²) < 4.78 is 0. The lowest BCUT2D eigenvalue weighted by molar-refractivity contribution is -0.00472. The molecule has 1 aromatic rings. The Hall–Kier alpha value is -0.900. The average molecular weight is 274 g/mol. The number of benzene rings is 1. The van der Waals surface area contributed by atoms with E-state index in [1.165, 1.54) is 24.8 Å². The molecule has 20 heavy (non-hydrogen) atoms. The van der Waals surface area contributed by atoms with Gasteiger partial charge in [0.2, 0.25) is 0 Å². The Morgan fingerprint density at radius 1 is 0.950 bits per heavy atom. The van der Waals surface area contributed by atoms with Crippen LogP contribution in [0.5, 0.6) is 0 Å². The minimum Gasteiger partial charge on any atom is -0.391 e. The van der Waals surface area contributed by atoms with E-state index in [9.17, 15) is 5.11 Å². The van der Waals surface area contributed by atoms with Crippen LogP contribution in [0.4, 0.5) is 0 Å². The molecular formula is C17H26N2O. The zero-order chi connectivity index (χ0) is 13.8. The van der Waals surface area contributed by atoms with Crippen LogP contribution < -0.4 is 0 Å². The second kappa shape index (κ2) is 6.70. The van der Waals surface area contributed by atoms with Crippen molar-refractivity contribution >= 4 is 0 Å². The van der Waals surface area contributed by atoms with E-state index in [1.54, 1.807) is 0 Å². The summed E-state index contributed by atoms with van der Waals surface area (Å²) in [5, 5.41) is 10.2. The first-order valence-electron chi connectivity index (χ1n) is 8.01. The van der Waals surface area contributed by atoms with Gasteiger partial charge in [-0.05, 0) is 18.4 Å². The zero-order valence-corrected chi connectivity index (χ0v) is 12.2. The minimum absolute atomic E-state index is 0.0931. The van der Waals surface area contributed by atoms with E-state index in [4.69, 9.17) is 0 Å². The number of hydrogen-bond acceptors (Lipinski definition) is 3. The first-order chi connectivity index (χ1) is 9.83. The molecule has 3 heteroatoms. The highest BCUT2D eigenvalue weighted by atomic mass is 16.3. The number of hydrogen-bond donors (Lipinski definition) is 1. The summed E-state index contributed by atoms with van der Waals surface area (Å²) >= 11 is 0. The molecule has 1 heterocycles. The molecule has 2 atom stereocenters. The lowest BCUT2D eigenvalue weighted by atomic mass is 9.91. The van der Waals surface area contributed by atoms with Gasteiger partial charge in [0.15, 0.2) is 0 Å². The van der Waals surface area contributed by atoms with Gasteiger partial charge in [0, 0.05) is 38.8 Å². The third-order valence-electron chi connectivity index (χ3n) is 4.82. The normalized spacial score (nSPS) is 29.4. The first kappa shape index (κ1) is 14.1. The molecule has 0 unspecified atom stereocenters. The molecule has 2 fully saturated rings. The van der Waals surface area contributed by atoms with Crippen LogP contribution in [0.3, 0.4) is 0 Å². The summed E-state index contributed by atoms with van der Waals surface area (Å²) in [5.41, 5.74) is 1.40. The number of aliphatic hydroxyl groups is 1. The van der Waals surface area contributed by atoms with Crippen molar-refractivity contribution in [1.82, 2.24) is 9.80 Å². The summed E-state index contributed by atoms with van der Waals surface area (Å²) in [5.74, 6) is 0. The van der Waals surface area contributed by atoms with Crippen molar-refractivity contribution in [3.8, 4) is 0 Å². The van der Waals surface area contributed by atoms with Crippen molar-refractivity contribution < 1.29 is 5.11 Å². The van der Waals surface area contributed by atoms with Crippen LogP contribution in [0.1, 0.15) is 31.2 Å². The van der Waals surface area contributed by atoms with Crippen LogP contribution in [0.2, 0.25) is 0 Å². The first-order valence-corrected chi connectivity index (χ1v) is 8.01. The third-order valence-corrected chi connectivity index (χ3v) is 4.82. The highest BCUT2D eigenvalue weighted by Crippen LogP contribution is 2.24. The molecular weight excluding hydrogens is 248 g/mol. The van der Waals surface area contributed by atoms with E-state index in [-0.39, 0.29) is 6.10 Å². The molecule has 1 aliphatic heterocycles. The summed E-state index contributed by atoms with van der Waals surface area (Å²) in [7, 11) is 0. The quantitative estimate of drug-likeness (QED) is 0.914. The van der Waals surface area contributed by atoms with Crippen LogP contribution in [0.15, 0.2) is 30.3 Å². The van der Waals surface area contributed by atoms with E-state index < -0.39 is 0 Å². The zero-order valence-electron chi connectivity index (χ0n) is 12.2. The van der Waals surface area contributed by atoms with E-state index in [0.29, 0.717) is 6.04 Å². The molecule has 2 aliphatic rings. The van der Waals surface area contributed by atoms with Crippen LogP contribution in [-0.2, 0) is 6.54 Å². The van der Waals surface area contributed by atoms with Gasteiger partial charge >= 0.3 is 0 Å². The predicted octanol–water partition coefficient (Wildman–Crippen LogP) is 2.11. The summed E-state index contributed by atoms with van der Waals surface area (Å²) in [6.45, 7) is 5.52. The maximum atomic E-state index is 10.2. The Morgan fingerprint density at radius 3 is 2.35 bits per heavy atom. The SMILES string of the molecule is O[C@@H]1CCCC[C@H]1N1CCN(Cc2ccccc2)CC1. The van der Waals surface area contributed by atoms with Crippen LogP contribution in [0.25, 0.3) is 0 Å². The maximum Gasteiger partial charge on any atom is 0.0695 e. The Kier molecular flexibility index (Phi) is 4.71. The van der Waals surface area contributed by atoms with Crippen molar-refractivity contribution in [3.05, 3.63) is 35.9 Å². The molecule has 0 bridgehead atoms. The number of nitrogens with zero attached hydrogens (tertiary/aromatic N) is 2. The third kappa shape index (κ3) is 3.40. The van der Waals surface area contributed by atoms with E-state index in [0.717, 1.165) is 39.1 Å². The maximum absolute atomic E-state index is 10.2. The second-order valence-corrected chi connectivity index (χ2v) is 6.22. The molecule has 1 saturated heterocycles. The van der Waals surface area contributed by atoms with E-state index in [2.05, 4.69) is 40.1 Å². The second-order valence-electron chi connectivity index (χ2n) is 6.22. The highest BCUT2D eigenvalue weighted by Gasteiger charge is 2.30. The molecule has 3 rings (SSSR count).